The summed E-state index contributed by atoms with van der Waals surface area (Å²) < 4.78 is 5.44. The Morgan fingerprint density at radius 3 is 2.73 bits per heavy atom. The first-order valence-electron chi connectivity index (χ1n) is 3.97. The van der Waals surface area contributed by atoms with Crippen LogP contribution >= 0.6 is 0 Å². The standard InChI is InChI=1S/C8H14BNO/c1-3-7(10)8-4-6(9)5(2)11-8/h4,7H,3,9-10H2,1-2H3/t7-/m1/s1. The predicted octanol–water partition coefficient (Wildman–Crippen LogP) is 0.256. The monoisotopic (exact) mass is 151 g/mol. The SMILES string of the molecule is Bc1cc([C@H](N)CC)oc1C. The van der Waals surface area contributed by atoms with Crippen LogP contribution in [0.15, 0.2) is 10.5 Å². The molecule has 0 aliphatic carbocycles. The molecule has 1 aromatic rings. The lowest BCUT2D eigenvalue weighted by atomic mass is 9.96. The molecule has 1 rings (SSSR count). The molecule has 0 amide bonds. The van der Waals surface area contributed by atoms with Crippen LogP contribution in [0.4, 0.5) is 0 Å². The van der Waals surface area contributed by atoms with Gasteiger partial charge in [-0.25, -0.2) is 0 Å². The zero-order valence-corrected chi connectivity index (χ0v) is 7.35. The Labute approximate surface area is 68.2 Å². The van der Waals surface area contributed by atoms with Gasteiger partial charge in [0, 0.05) is 0 Å². The molecule has 2 nitrogen and oxygen atoms in total. The van der Waals surface area contributed by atoms with Crippen molar-refractivity contribution in [2.45, 2.75) is 26.3 Å². The molecular formula is C8H14BNO. The average molecular weight is 151 g/mol. The smallest absolute Gasteiger partial charge is 0.143 e. The van der Waals surface area contributed by atoms with Crippen molar-refractivity contribution in [3.63, 3.8) is 0 Å². The molecule has 1 aromatic heterocycles. The largest absolute Gasteiger partial charge is 0.465 e. The molecule has 0 saturated heterocycles. The second kappa shape index (κ2) is 3.14. The minimum atomic E-state index is 0.0578. The molecule has 1 heterocycles. The molecule has 0 fully saturated rings. The van der Waals surface area contributed by atoms with E-state index >= 15 is 0 Å². The van der Waals surface area contributed by atoms with Crippen molar-refractivity contribution >= 4 is 13.3 Å². The van der Waals surface area contributed by atoms with Crippen LogP contribution in [0.3, 0.4) is 0 Å². The van der Waals surface area contributed by atoms with Gasteiger partial charge >= 0.3 is 0 Å². The van der Waals surface area contributed by atoms with E-state index in [0.29, 0.717) is 0 Å². The third kappa shape index (κ3) is 1.66. The topological polar surface area (TPSA) is 39.2 Å². The van der Waals surface area contributed by atoms with Gasteiger partial charge in [-0.2, -0.15) is 0 Å². The highest BCUT2D eigenvalue weighted by Gasteiger charge is 2.08. The number of hydrogen-bond acceptors (Lipinski definition) is 2. The van der Waals surface area contributed by atoms with Crippen molar-refractivity contribution in [2.24, 2.45) is 5.73 Å². The highest BCUT2D eigenvalue weighted by atomic mass is 16.3. The Hall–Kier alpha value is -0.695. The van der Waals surface area contributed by atoms with Gasteiger partial charge in [0.25, 0.3) is 0 Å². The molecule has 0 aliphatic rings. The quantitative estimate of drug-likeness (QED) is 0.615. The van der Waals surface area contributed by atoms with Crippen LogP contribution in [0, 0.1) is 6.92 Å². The van der Waals surface area contributed by atoms with E-state index in [4.69, 9.17) is 10.2 Å². The number of aryl methyl sites for hydroxylation is 1. The van der Waals surface area contributed by atoms with Crippen LogP contribution < -0.4 is 11.2 Å². The van der Waals surface area contributed by atoms with E-state index in [1.807, 2.05) is 20.8 Å². The summed E-state index contributed by atoms with van der Waals surface area (Å²) in [6.07, 6.45) is 0.923. The summed E-state index contributed by atoms with van der Waals surface area (Å²) in [6.45, 7) is 4.01. The molecule has 0 aromatic carbocycles. The normalized spacial score (nSPS) is 13.4. The molecule has 11 heavy (non-hydrogen) atoms. The second-order valence-corrected chi connectivity index (χ2v) is 2.90. The average Bonchev–Trinajstić information content (AvgIpc) is 2.31. The number of rotatable bonds is 2. The van der Waals surface area contributed by atoms with Crippen molar-refractivity contribution in [1.82, 2.24) is 0 Å². The van der Waals surface area contributed by atoms with Gasteiger partial charge in [-0.1, -0.05) is 6.92 Å². The lowest BCUT2D eigenvalue weighted by Gasteiger charge is -2.02. The third-order valence-electron chi connectivity index (χ3n) is 1.99. The highest BCUT2D eigenvalue weighted by molar-refractivity contribution is 6.33. The predicted molar refractivity (Wildman–Crippen MR) is 48.8 cm³/mol. The van der Waals surface area contributed by atoms with Crippen molar-refractivity contribution in [3.8, 4) is 0 Å². The van der Waals surface area contributed by atoms with Crippen LogP contribution in [-0.4, -0.2) is 7.85 Å². The van der Waals surface area contributed by atoms with Crippen molar-refractivity contribution < 1.29 is 4.42 Å². The highest BCUT2D eigenvalue weighted by Crippen LogP contribution is 2.14. The van der Waals surface area contributed by atoms with Crippen molar-refractivity contribution in [1.29, 1.82) is 0 Å². The van der Waals surface area contributed by atoms with E-state index in [-0.39, 0.29) is 6.04 Å². The summed E-state index contributed by atoms with van der Waals surface area (Å²) >= 11 is 0. The van der Waals surface area contributed by atoms with Crippen molar-refractivity contribution in [3.05, 3.63) is 17.6 Å². The Morgan fingerprint density at radius 1 is 1.73 bits per heavy atom. The first kappa shape index (κ1) is 8.40. The van der Waals surface area contributed by atoms with Gasteiger partial charge in [-0.15, -0.1) is 0 Å². The molecule has 1 atom stereocenters. The van der Waals surface area contributed by atoms with Gasteiger partial charge in [0.2, 0.25) is 0 Å². The second-order valence-electron chi connectivity index (χ2n) is 2.90. The fourth-order valence-corrected chi connectivity index (χ4v) is 0.986. The third-order valence-corrected chi connectivity index (χ3v) is 1.99. The molecule has 60 valence electrons. The van der Waals surface area contributed by atoms with Crippen LogP contribution in [-0.2, 0) is 0 Å². The summed E-state index contributed by atoms with van der Waals surface area (Å²) in [5.41, 5.74) is 6.97. The number of nitrogens with two attached hydrogens (primary N) is 1. The van der Waals surface area contributed by atoms with Gasteiger partial charge < -0.3 is 10.2 Å². The number of hydrogen-bond donors (Lipinski definition) is 1. The fourth-order valence-electron chi connectivity index (χ4n) is 0.986. The summed E-state index contributed by atoms with van der Waals surface area (Å²) in [6, 6.07) is 2.08. The minimum absolute atomic E-state index is 0.0578. The lowest BCUT2D eigenvalue weighted by molar-refractivity contribution is 0.442. The Kier molecular flexibility index (Phi) is 2.40. The summed E-state index contributed by atoms with van der Waals surface area (Å²) in [7, 11) is 2.03. The zero-order valence-electron chi connectivity index (χ0n) is 7.35. The minimum Gasteiger partial charge on any atom is -0.465 e. The maximum atomic E-state index is 5.78. The van der Waals surface area contributed by atoms with E-state index < -0.39 is 0 Å². The van der Waals surface area contributed by atoms with E-state index in [9.17, 15) is 0 Å². The molecule has 0 aliphatic heterocycles. The van der Waals surface area contributed by atoms with Gasteiger partial charge in [0.05, 0.1) is 11.8 Å². The van der Waals surface area contributed by atoms with Gasteiger partial charge in [-0.05, 0) is 24.9 Å². The molecule has 3 heteroatoms. The maximum absolute atomic E-state index is 5.78. The van der Waals surface area contributed by atoms with Crippen molar-refractivity contribution in [2.75, 3.05) is 0 Å². The molecule has 0 saturated carbocycles. The van der Waals surface area contributed by atoms with Crippen LogP contribution in [0.2, 0.25) is 0 Å². The lowest BCUT2D eigenvalue weighted by Crippen LogP contribution is -2.08. The number of furan rings is 1. The van der Waals surface area contributed by atoms with Gasteiger partial charge in [0.15, 0.2) is 0 Å². The van der Waals surface area contributed by atoms with Crippen LogP contribution in [0.5, 0.6) is 0 Å². The van der Waals surface area contributed by atoms with E-state index in [1.54, 1.807) is 0 Å². The first-order valence-corrected chi connectivity index (χ1v) is 3.97. The van der Waals surface area contributed by atoms with E-state index in [1.165, 1.54) is 5.46 Å². The molecule has 0 unspecified atom stereocenters. The molecule has 0 bridgehead atoms. The fraction of sp³-hybridized carbons (Fsp3) is 0.500. The van der Waals surface area contributed by atoms with Gasteiger partial charge in [0.1, 0.15) is 13.6 Å². The Morgan fingerprint density at radius 2 is 2.36 bits per heavy atom. The Balaban J connectivity index is 2.88. The van der Waals surface area contributed by atoms with E-state index in [2.05, 4.69) is 6.92 Å². The maximum Gasteiger partial charge on any atom is 0.143 e. The summed E-state index contributed by atoms with van der Waals surface area (Å²) in [5.74, 6) is 1.88. The van der Waals surface area contributed by atoms with Crippen LogP contribution in [0.1, 0.15) is 30.9 Å². The van der Waals surface area contributed by atoms with Crippen LogP contribution in [0.25, 0.3) is 0 Å². The summed E-state index contributed by atoms with van der Waals surface area (Å²) in [4.78, 5) is 0. The van der Waals surface area contributed by atoms with E-state index in [0.717, 1.165) is 17.9 Å². The zero-order chi connectivity index (χ0) is 8.43. The Bertz CT molecular complexity index is 225. The molecule has 2 N–H and O–H groups in total. The summed E-state index contributed by atoms with van der Waals surface area (Å²) in [5, 5.41) is 0. The first-order chi connectivity index (χ1) is 5.15. The molecule has 0 spiro atoms. The van der Waals surface area contributed by atoms with Gasteiger partial charge in [-0.3, -0.25) is 0 Å². The molecular weight excluding hydrogens is 137 g/mol. The molecule has 0 radical (unpaired) electrons.